The van der Waals surface area contributed by atoms with Gasteiger partial charge in [0.25, 0.3) is 11.8 Å². The molecule has 0 bridgehead atoms. The molecular formula is C19H19N5O3. The van der Waals surface area contributed by atoms with Gasteiger partial charge in [-0.2, -0.15) is 0 Å². The number of aromatic amines is 1. The van der Waals surface area contributed by atoms with E-state index in [1.807, 2.05) is 18.2 Å². The summed E-state index contributed by atoms with van der Waals surface area (Å²) in [5.41, 5.74) is 10.4. The van der Waals surface area contributed by atoms with Crippen LogP contribution in [0.15, 0.2) is 42.5 Å². The van der Waals surface area contributed by atoms with Crippen molar-refractivity contribution in [2.75, 3.05) is 13.1 Å². The zero-order valence-corrected chi connectivity index (χ0v) is 14.5. The fourth-order valence-electron chi connectivity index (χ4n) is 3.40. The van der Waals surface area contributed by atoms with Crippen LogP contribution in [0, 0.1) is 0 Å². The minimum atomic E-state index is -0.522. The number of benzene rings is 2. The quantitative estimate of drug-likeness (QED) is 0.402. The van der Waals surface area contributed by atoms with Crippen molar-refractivity contribution in [2.45, 2.75) is 12.5 Å². The molecule has 2 aromatic carbocycles. The lowest BCUT2D eigenvalue weighted by Crippen LogP contribution is -2.44. The van der Waals surface area contributed by atoms with Crippen LogP contribution in [-0.4, -0.2) is 45.0 Å². The minimum absolute atomic E-state index is 0.276. The summed E-state index contributed by atoms with van der Waals surface area (Å²) in [4.78, 5) is 33.0. The van der Waals surface area contributed by atoms with Gasteiger partial charge in [0.1, 0.15) is 11.3 Å². The molecule has 8 heteroatoms. The number of hydrogen-bond donors (Lipinski definition) is 4. The molecular weight excluding hydrogens is 346 g/mol. The first-order chi connectivity index (χ1) is 13.0. The van der Waals surface area contributed by atoms with E-state index < -0.39 is 11.8 Å². The highest BCUT2D eigenvalue weighted by atomic mass is 16.5. The van der Waals surface area contributed by atoms with Gasteiger partial charge in [-0.25, -0.2) is 10.5 Å². The SMILES string of the molecule is NC(=O)c1cccc2[nH]c(C3CN(Cc4ccc(C(=O)NO)cc4)C3)nc12. The molecule has 0 spiro atoms. The predicted octanol–water partition coefficient (Wildman–Crippen LogP) is 1.38. The summed E-state index contributed by atoms with van der Waals surface area (Å²) in [5.74, 6) is 0.139. The molecule has 2 heterocycles. The smallest absolute Gasteiger partial charge is 0.274 e. The van der Waals surface area contributed by atoms with E-state index in [4.69, 9.17) is 10.9 Å². The van der Waals surface area contributed by atoms with Gasteiger partial charge in [0.15, 0.2) is 0 Å². The van der Waals surface area contributed by atoms with Gasteiger partial charge in [-0.3, -0.25) is 19.7 Å². The molecule has 5 N–H and O–H groups in total. The fraction of sp³-hybridized carbons (Fsp3) is 0.211. The molecule has 4 rings (SSSR count). The standard InChI is InChI=1S/C19H19N5O3/c20-17(25)14-2-1-3-15-16(14)22-18(21-15)13-9-24(10-13)8-11-4-6-12(7-5-11)19(26)23-27/h1-7,13,27H,8-10H2,(H2,20,25)(H,21,22)(H,23,26). The maximum atomic E-state index is 11.5. The van der Waals surface area contributed by atoms with Gasteiger partial charge in [0.2, 0.25) is 0 Å². The van der Waals surface area contributed by atoms with E-state index >= 15 is 0 Å². The van der Waals surface area contributed by atoms with Crippen LogP contribution in [0.1, 0.15) is 38.0 Å². The zero-order valence-electron chi connectivity index (χ0n) is 14.5. The molecule has 0 unspecified atom stereocenters. The van der Waals surface area contributed by atoms with Gasteiger partial charge >= 0.3 is 0 Å². The van der Waals surface area contributed by atoms with Crippen molar-refractivity contribution in [1.82, 2.24) is 20.3 Å². The number of fused-ring (bicyclic) bond motifs is 1. The molecule has 0 aliphatic carbocycles. The second-order valence-corrected chi connectivity index (χ2v) is 6.72. The maximum Gasteiger partial charge on any atom is 0.274 e. The van der Waals surface area contributed by atoms with Gasteiger partial charge in [-0.15, -0.1) is 0 Å². The van der Waals surface area contributed by atoms with Gasteiger partial charge < -0.3 is 10.7 Å². The maximum absolute atomic E-state index is 11.5. The largest absolute Gasteiger partial charge is 0.366 e. The lowest BCUT2D eigenvalue weighted by atomic mass is 9.98. The van der Waals surface area contributed by atoms with Crippen molar-refractivity contribution in [3.63, 3.8) is 0 Å². The summed E-state index contributed by atoms with van der Waals surface area (Å²) in [5, 5.41) is 8.65. The number of nitrogens with one attached hydrogen (secondary N) is 2. The first-order valence-corrected chi connectivity index (χ1v) is 8.59. The van der Waals surface area contributed by atoms with E-state index in [2.05, 4.69) is 14.9 Å². The van der Waals surface area contributed by atoms with Gasteiger partial charge in [-0.1, -0.05) is 18.2 Å². The van der Waals surface area contributed by atoms with Crippen LogP contribution in [0.2, 0.25) is 0 Å². The highest BCUT2D eigenvalue weighted by Crippen LogP contribution is 2.29. The molecule has 1 aliphatic heterocycles. The number of para-hydroxylation sites is 1. The number of amides is 2. The number of imidazole rings is 1. The van der Waals surface area contributed by atoms with Crippen molar-refractivity contribution >= 4 is 22.8 Å². The number of carbonyl (C=O) groups is 2. The van der Waals surface area contributed by atoms with E-state index in [0.29, 0.717) is 16.6 Å². The summed E-state index contributed by atoms with van der Waals surface area (Å²) in [6, 6.07) is 12.5. The Balaban J connectivity index is 1.41. The molecule has 0 atom stereocenters. The summed E-state index contributed by atoms with van der Waals surface area (Å²) >= 11 is 0. The topological polar surface area (TPSA) is 124 Å². The molecule has 0 radical (unpaired) electrons. The fourth-order valence-corrected chi connectivity index (χ4v) is 3.40. The highest BCUT2D eigenvalue weighted by Gasteiger charge is 2.30. The lowest BCUT2D eigenvalue weighted by molar-refractivity contribution is 0.0706. The van der Waals surface area contributed by atoms with Crippen LogP contribution in [-0.2, 0) is 6.54 Å². The van der Waals surface area contributed by atoms with E-state index in [0.717, 1.165) is 36.5 Å². The first kappa shape index (κ1) is 17.2. The first-order valence-electron chi connectivity index (χ1n) is 8.59. The van der Waals surface area contributed by atoms with Crippen molar-refractivity contribution in [3.05, 3.63) is 65.0 Å². The average Bonchev–Trinajstić information content (AvgIpc) is 3.07. The van der Waals surface area contributed by atoms with Crippen LogP contribution in [0.4, 0.5) is 0 Å². The molecule has 1 aliphatic rings. The highest BCUT2D eigenvalue weighted by molar-refractivity contribution is 6.04. The summed E-state index contributed by atoms with van der Waals surface area (Å²) in [7, 11) is 0. The van der Waals surface area contributed by atoms with E-state index in [-0.39, 0.29) is 5.92 Å². The second-order valence-electron chi connectivity index (χ2n) is 6.72. The number of primary amides is 1. The third kappa shape index (κ3) is 3.27. The third-order valence-corrected chi connectivity index (χ3v) is 4.86. The Kier molecular flexibility index (Phi) is 4.35. The van der Waals surface area contributed by atoms with Gasteiger partial charge in [0, 0.05) is 31.1 Å². The van der Waals surface area contributed by atoms with Crippen molar-refractivity contribution < 1.29 is 14.8 Å². The lowest BCUT2D eigenvalue weighted by Gasteiger charge is -2.38. The number of likely N-dealkylation sites (tertiary alicyclic amines) is 1. The molecule has 8 nitrogen and oxygen atoms in total. The number of H-pyrrole nitrogens is 1. The summed E-state index contributed by atoms with van der Waals surface area (Å²) < 4.78 is 0. The Hall–Kier alpha value is -3.23. The number of carbonyl (C=O) groups excluding carboxylic acids is 2. The second kappa shape index (κ2) is 6.82. The molecule has 1 fully saturated rings. The Morgan fingerprint density at radius 1 is 1.22 bits per heavy atom. The molecule has 1 saturated heterocycles. The predicted molar refractivity (Wildman–Crippen MR) is 98.3 cm³/mol. The van der Waals surface area contributed by atoms with E-state index in [1.165, 1.54) is 0 Å². The molecule has 138 valence electrons. The van der Waals surface area contributed by atoms with Crippen LogP contribution in [0.5, 0.6) is 0 Å². The number of hydroxylamine groups is 1. The number of nitrogens with zero attached hydrogens (tertiary/aromatic N) is 2. The molecule has 27 heavy (non-hydrogen) atoms. The summed E-state index contributed by atoms with van der Waals surface area (Å²) in [6.45, 7) is 2.47. The van der Waals surface area contributed by atoms with Gasteiger partial charge in [0.05, 0.1) is 11.1 Å². The number of aromatic nitrogens is 2. The number of hydrogen-bond acceptors (Lipinski definition) is 5. The Morgan fingerprint density at radius 2 is 1.96 bits per heavy atom. The van der Waals surface area contributed by atoms with Crippen LogP contribution in [0.25, 0.3) is 11.0 Å². The third-order valence-electron chi connectivity index (χ3n) is 4.86. The molecule has 3 aromatic rings. The molecule has 0 saturated carbocycles. The number of nitrogens with two attached hydrogens (primary N) is 1. The average molecular weight is 365 g/mol. The van der Waals surface area contributed by atoms with E-state index in [9.17, 15) is 9.59 Å². The Bertz CT molecular complexity index is 1010. The van der Waals surface area contributed by atoms with Crippen molar-refractivity contribution in [1.29, 1.82) is 0 Å². The molecule has 2 amide bonds. The number of rotatable bonds is 5. The Labute approximate surface area is 155 Å². The monoisotopic (exact) mass is 365 g/mol. The van der Waals surface area contributed by atoms with Crippen LogP contribution < -0.4 is 11.2 Å². The summed E-state index contributed by atoms with van der Waals surface area (Å²) in [6.07, 6.45) is 0. The minimum Gasteiger partial charge on any atom is -0.366 e. The van der Waals surface area contributed by atoms with Crippen molar-refractivity contribution in [2.24, 2.45) is 5.73 Å². The molecule has 1 aromatic heterocycles. The van der Waals surface area contributed by atoms with Crippen LogP contribution in [0.3, 0.4) is 0 Å². The van der Waals surface area contributed by atoms with Gasteiger partial charge in [-0.05, 0) is 29.8 Å². The normalized spacial score (nSPS) is 14.9. The Morgan fingerprint density at radius 3 is 2.63 bits per heavy atom. The van der Waals surface area contributed by atoms with Crippen molar-refractivity contribution in [3.8, 4) is 0 Å². The van der Waals surface area contributed by atoms with Crippen LogP contribution >= 0.6 is 0 Å². The zero-order chi connectivity index (χ0) is 19.0. The van der Waals surface area contributed by atoms with E-state index in [1.54, 1.807) is 29.7 Å².